The second-order valence-corrected chi connectivity index (χ2v) is 9.92. The summed E-state index contributed by atoms with van der Waals surface area (Å²) in [5, 5.41) is 0.183. The highest BCUT2D eigenvalue weighted by Gasteiger charge is 2.17. The minimum absolute atomic E-state index is 0.183. The molecule has 0 aromatic heterocycles. The van der Waals surface area contributed by atoms with Crippen LogP contribution < -0.4 is 4.31 Å². The number of hydrogen-bond donors (Lipinski definition) is 0. The van der Waals surface area contributed by atoms with Gasteiger partial charge in [0.05, 0.1) is 0 Å². The minimum atomic E-state index is -1.87. The topological polar surface area (TPSA) is 3.24 Å². The fraction of sp³-hybridized carbons (Fsp3) is 0.385. The average Bonchev–Trinajstić information content (AvgIpc) is 2.74. The van der Waals surface area contributed by atoms with Crippen molar-refractivity contribution in [1.29, 1.82) is 0 Å². The van der Waals surface area contributed by atoms with Crippen LogP contribution in [0.3, 0.4) is 0 Å². The lowest BCUT2D eigenvalue weighted by molar-refractivity contribution is 0.623. The van der Waals surface area contributed by atoms with Crippen molar-refractivity contribution in [3.8, 4) is 0 Å². The number of anilines is 1. The zero-order chi connectivity index (χ0) is 23.5. The van der Waals surface area contributed by atoms with Crippen molar-refractivity contribution in [1.82, 2.24) is 0 Å². The molecule has 0 aliphatic carbocycles. The first-order chi connectivity index (χ1) is 14.2. The Balaban J connectivity index is 0.00000198. The third kappa shape index (κ3) is 7.52. The van der Waals surface area contributed by atoms with Crippen LogP contribution in [0.25, 0.3) is 5.03 Å². The predicted octanol–water partition coefficient (Wildman–Crippen LogP) is 8.76. The first kappa shape index (κ1) is 28.3. The number of benzene rings is 2. The molecule has 0 heterocycles. The highest BCUT2D eigenvalue weighted by atomic mass is 35.5. The Labute approximate surface area is 190 Å². The van der Waals surface area contributed by atoms with Gasteiger partial charge in [-0.3, -0.25) is 0 Å². The molecular weight excluding hydrogens is 413 g/mol. The van der Waals surface area contributed by atoms with Crippen LogP contribution in [0.1, 0.15) is 59.6 Å². The van der Waals surface area contributed by atoms with E-state index in [0.717, 1.165) is 23.5 Å². The summed E-state index contributed by atoms with van der Waals surface area (Å²) in [6, 6.07) is 13.4. The van der Waals surface area contributed by atoms with E-state index in [1.165, 1.54) is 11.6 Å². The molecule has 2 aromatic carbocycles. The monoisotopic (exact) mass is 451 g/mol. The van der Waals surface area contributed by atoms with Crippen LogP contribution in [-0.4, -0.2) is 18.3 Å². The number of nitrogens with zero attached hydrogens (tertiary/aromatic N) is 1. The van der Waals surface area contributed by atoms with Gasteiger partial charge in [-0.15, -0.1) is 9.39 Å². The summed E-state index contributed by atoms with van der Waals surface area (Å²) < 4.78 is 16.3. The van der Waals surface area contributed by atoms with Crippen molar-refractivity contribution in [3.05, 3.63) is 66.0 Å². The van der Waals surface area contributed by atoms with E-state index in [-0.39, 0.29) is 10.8 Å². The van der Waals surface area contributed by atoms with E-state index in [4.69, 9.17) is 11.6 Å². The fourth-order valence-corrected chi connectivity index (χ4v) is 4.92. The van der Waals surface area contributed by atoms with Crippen molar-refractivity contribution >= 4 is 43.5 Å². The van der Waals surface area contributed by atoms with Gasteiger partial charge in [0.1, 0.15) is 5.82 Å². The lowest BCUT2D eigenvalue weighted by Crippen LogP contribution is -2.24. The number of halogens is 2. The van der Waals surface area contributed by atoms with E-state index in [9.17, 15) is 4.39 Å². The van der Waals surface area contributed by atoms with Crippen molar-refractivity contribution < 1.29 is 4.39 Å². The standard InChI is InChI=1S/C22H27ClFNS.2C2H6/c1-7-18-8-10-19(11-9-18)25(15-16(2)3)26(5,6)20-12-13-22(24)21(14-20)17(4)23;2*1-2/h8-14,16H,4-7,15H2,1-3H3;2*1-2H3. The molecule has 0 N–H and O–H groups in total. The van der Waals surface area contributed by atoms with Gasteiger partial charge in [-0.05, 0) is 48.2 Å². The smallest absolute Gasteiger partial charge is 0.131 e. The van der Waals surface area contributed by atoms with Crippen LogP contribution in [0.2, 0.25) is 0 Å². The quantitative estimate of drug-likeness (QED) is 0.380. The van der Waals surface area contributed by atoms with Gasteiger partial charge >= 0.3 is 0 Å². The molecule has 30 heavy (non-hydrogen) atoms. The van der Waals surface area contributed by atoms with Crippen LogP contribution >= 0.6 is 21.0 Å². The second-order valence-electron chi connectivity index (χ2n) is 6.86. The molecule has 0 aliphatic heterocycles. The van der Waals surface area contributed by atoms with Crippen LogP contribution in [0.5, 0.6) is 0 Å². The summed E-state index contributed by atoms with van der Waals surface area (Å²) in [7, 11) is -1.87. The van der Waals surface area contributed by atoms with E-state index < -0.39 is 9.39 Å². The maximum Gasteiger partial charge on any atom is 0.131 e. The van der Waals surface area contributed by atoms with Crippen LogP contribution in [0.15, 0.2) is 53.9 Å². The Bertz CT molecular complexity index is 884. The minimum Gasteiger partial charge on any atom is -0.324 e. The Kier molecular flexibility index (Phi) is 12.8. The molecule has 1 nitrogen and oxygen atoms in total. The molecule has 0 aliphatic rings. The van der Waals surface area contributed by atoms with Gasteiger partial charge in [0.15, 0.2) is 0 Å². The molecule has 0 fully saturated rings. The maximum atomic E-state index is 14.0. The first-order valence-corrected chi connectivity index (χ1v) is 13.0. The molecule has 0 atom stereocenters. The Hall–Kier alpha value is -1.71. The molecule has 168 valence electrons. The molecule has 0 bridgehead atoms. The SMILES string of the molecule is C=C(Cl)c1cc(S(=C)(=C)N(CC(C)C)c2ccc(CC)cc2)ccc1F.CC.CC. The summed E-state index contributed by atoms with van der Waals surface area (Å²) >= 11 is 5.97. The van der Waals surface area contributed by atoms with Gasteiger partial charge in [-0.2, -0.15) is 0 Å². The molecule has 2 aromatic rings. The normalized spacial score (nSPS) is 10.5. The first-order valence-electron chi connectivity index (χ1n) is 10.7. The van der Waals surface area contributed by atoms with E-state index in [1.54, 1.807) is 12.1 Å². The Morgan fingerprint density at radius 2 is 1.57 bits per heavy atom. The number of hydrogen-bond acceptors (Lipinski definition) is 1. The van der Waals surface area contributed by atoms with Crippen LogP contribution in [0, 0.1) is 11.7 Å². The third-order valence-electron chi connectivity index (χ3n) is 4.25. The van der Waals surface area contributed by atoms with Crippen molar-refractivity contribution in [2.75, 3.05) is 10.8 Å². The number of aryl methyl sites for hydroxylation is 1. The van der Waals surface area contributed by atoms with Crippen LogP contribution in [0.4, 0.5) is 10.1 Å². The molecule has 2 rings (SSSR count). The Morgan fingerprint density at radius 3 is 2.00 bits per heavy atom. The molecule has 0 unspecified atom stereocenters. The van der Waals surface area contributed by atoms with Gasteiger partial charge < -0.3 is 4.31 Å². The van der Waals surface area contributed by atoms with Crippen molar-refractivity contribution in [2.45, 2.75) is 59.8 Å². The molecule has 0 amide bonds. The van der Waals surface area contributed by atoms with Gasteiger partial charge in [0, 0.05) is 27.7 Å². The lowest BCUT2D eigenvalue weighted by atomic mass is 10.1. The largest absolute Gasteiger partial charge is 0.324 e. The molecular formula is C26H39ClFNS. The summed E-state index contributed by atoms with van der Waals surface area (Å²) in [4.78, 5) is 0.871. The highest BCUT2D eigenvalue weighted by Crippen LogP contribution is 2.42. The molecule has 0 spiro atoms. The maximum absolute atomic E-state index is 14.0. The van der Waals surface area contributed by atoms with E-state index >= 15 is 0 Å². The molecule has 4 heteroatoms. The Morgan fingerprint density at radius 1 is 1.03 bits per heavy atom. The zero-order valence-corrected chi connectivity index (χ0v) is 21.3. The van der Waals surface area contributed by atoms with Gasteiger partial charge in [0.2, 0.25) is 0 Å². The summed E-state index contributed by atoms with van der Waals surface area (Å²) in [6.07, 6.45) is 0.996. The summed E-state index contributed by atoms with van der Waals surface area (Å²) in [6.45, 7) is 18.9. The van der Waals surface area contributed by atoms with E-state index in [1.807, 2.05) is 27.7 Å². The predicted molar refractivity (Wildman–Crippen MR) is 142 cm³/mol. The van der Waals surface area contributed by atoms with Crippen molar-refractivity contribution in [3.63, 3.8) is 0 Å². The number of rotatable bonds is 7. The van der Waals surface area contributed by atoms with Crippen LogP contribution in [-0.2, 0) is 6.42 Å². The second kappa shape index (κ2) is 13.6. The fourth-order valence-electron chi connectivity index (χ4n) is 2.76. The summed E-state index contributed by atoms with van der Waals surface area (Å²) in [5.74, 6) is 8.94. The lowest BCUT2D eigenvalue weighted by Gasteiger charge is -2.35. The van der Waals surface area contributed by atoms with Gasteiger partial charge in [0.25, 0.3) is 0 Å². The molecule has 0 saturated heterocycles. The zero-order valence-electron chi connectivity index (χ0n) is 19.8. The van der Waals surface area contributed by atoms with E-state index in [0.29, 0.717) is 11.5 Å². The van der Waals surface area contributed by atoms with Crippen molar-refractivity contribution in [2.24, 2.45) is 5.92 Å². The molecule has 0 saturated carbocycles. The highest BCUT2D eigenvalue weighted by molar-refractivity contribution is 8.28. The summed E-state index contributed by atoms with van der Waals surface area (Å²) in [5.41, 5.74) is 2.67. The third-order valence-corrected chi connectivity index (χ3v) is 6.79. The van der Waals surface area contributed by atoms with Gasteiger partial charge in [-0.1, -0.05) is 90.5 Å². The van der Waals surface area contributed by atoms with Gasteiger partial charge in [-0.25, -0.2) is 4.39 Å². The molecule has 0 radical (unpaired) electrons. The average molecular weight is 452 g/mol. The van der Waals surface area contributed by atoms with E-state index in [2.05, 4.69) is 67.7 Å².